The molecule has 3 rings (SSSR count). The van der Waals surface area contributed by atoms with Crippen molar-refractivity contribution in [3.63, 3.8) is 0 Å². The molecule has 0 aliphatic carbocycles. The fourth-order valence-corrected chi connectivity index (χ4v) is 2.58. The maximum Gasteiger partial charge on any atom is 0.273 e. The van der Waals surface area contributed by atoms with E-state index in [1.54, 1.807) is 24.3 Å². The van der Waals surface area contributed by atoms with Gasteiger partial charge < -0.3 is 10.1 Å². The van der Waals surface area contributed by atoms with Crippen LogP contribution >= 0.6 is 0 Å². The zero-order valence-corrected chi connectivity index (χ0v) is 14.1. The molecule has 0 saturated carbocycles. The monoisotopic (exact) mass is 353 g/mol. The molecule has 1 aromatic heterocycles. The van der Waals surface area contributed by atoms with Crippen LogP contribution in [0.1, 0.15) is 6.42 Å². The number of para-hydroxylation sites is 1. The van der Waals surface area contributed by atoms with E-state index < -0.39 is 0 Å². The predicted molar refractivity (Wildman–Crippen MR) is 98.4 cm³/mol. The molecule has 1 heterocycles. The Morgan fingerprint density at radius 1 is 1.00 bits per heavy atom. The number of aromatic amines is 1. The van der Waals surface area contributed by atoms with Crippen LogP contribution in [0, 0.1) is 0 Å². The van der Waals surface area contributed by atoms with Crippen molar-refractivity contribution in [3.05, 3.63) is 75.3 Å². The highest BCUT2D eigenvalue weighted by Crippen LogP contribution is 2.08. The summed E-state index contributed by atoms with van der Waals surface area (Å²) in [6, 6.07) is 15.9. The molecule has 0 radical (unpaired) electrons. The number of carbonyl (C=O) groups excluding carboxylic acids is 1. The number of fused-ring (bicyclic) bond motifs is 1. The molecule has 0 spiro atoms. The Kier molecular flexibility index (Phi) is 5.48. The Balaban J connectivity index is 1.51. The number of carbonyl (C=O) groups is 1. The van der Waals surface area contributed by atoms with Gasteiger partial charge in [0.1, 0.15) is 5.75 Å². The molecule has 0 saturated heterocycles. The minimum atomic E-state index is -0.331. The van der Waals surface area contributed by atoms with Crippen LogP contribution in [-0.4, -0.2) is 28.8 Å². The van der Waals surface area contributed by atoms with E-state index in [-0.39, 0.29) is 43.1 Å². The van der Waals surface area contributed by atoms with Gasteiger partial charge in [0, 0.05) is 6.54 Å². The first-order chi connectivity index (χ1) is 12.6. The van der Waals surface area contributed by atoms with E-state index >= 15 is 0 Å². The molecule has 0 unspecified atom stereocenters. The molecular weight excluding hydrogens is 334 g/mol. The summed E-state index contributed by atoms with van der Waals surface area (Å²) in [5, 5.41) is 5.96. The van der Waals surface area contributed by atoms with Gasteiger partial charge in [0.2, 0.25) is 5.91 Å². The molecule has 1 amide bonds. The van der Waals surface area contributed by atoms with Crippen LogP contribution in [0.2, 0.25) is 0 Å². The van der Waals surface area contributed by atoms with Gasteiger partial charge in [-0.05, 0) is 24.3 Å². The van der Waals surface area contributed by atoms with E-state index in [1.165, 1.54) is 4.68 Å². The second-order valence-electron chi connectivity index (χ2n) is 5.70. The van der Waals surface area contributed by atoms with Crippen molar-refractivity contribution < 1.29 is 9.53 Å². The van der Waals surface area contributed by atoms with Gasteiger partial charge in [-0.2, -0.15) is 0 Å². The quantitative estimate of drug-likeness (QED) is 0.669. The molecule has 3 aromatic rings. The first-order valence-electron chi connectivity index (χ1n) is 8.31. The molecule has 26 heavy (non-hydrogen) atoms. The maximum absolute atomic E-state index is 12.3. The number of hydrogen-bond donors (Lipinski definition) is 2. The van der Waals surface area contributed by atoms with Crippen molar-refractivity contribution >= 4 is 16.7 Å². The summed E-state index contributed by atoms with van der Waals surface area (Å²) in [5.41, 5.74) is -0.621. The van der Waals surface area contributed by atoms with Crippen molar-refractivity contribution in [1.29, 1.82) is 0 Å². The molecule has 0 aliphatic heterocycles. The number of nitrogens with zero attached hydrogens (tertiary/aromatic N) is 1. The van der Waals surface area contributed by atoms with Gasteiger partial charge in [0.25, 0.3) is 11.1 Å². The van der Waals surface area contributed by atoms with Gasteiger partial charge in [-0.15, -0.1) is 0 Å². The van der Waals surface area contributed by atoms with E-state index in [0.29, 0.717) is 16.5 Å². The average molecular weight is 353 g/mol. The molecule has 2 N–H and O–H groups in total. The number of rotatable bonds is 7. The van der Waals surface area contributed by atoms with E-state index in [1.807, 2.05) is 30.3 Å². The lowest BCUT2D eigenvalue weighted by atomic mass is 10.2. The van der Waals surface area contributed by atoms with Gasteiger partial charge in [-0.3, -0.25) is 19.5 Å². The molecular formula is C19H19N3O4. The zero-order chi connectivity index (χ0) is 18.4. The average Bonchev–Trinajstić information content (AvgIpc) is 2.66. The molecule has 0 atom stereocenters. The summed E-state index contributed by atoms with van der Waals surface area (Å²) in [4.78, 5) is 36.2. The number of nitrogens with one attached hydrogen (secondary N) is 2. The van der Waals surface area contributed by atoms with Gasteiger partial charge in [-0.1, -0.05) is 30.3 Å². The second kappa shape index (κ2) is 8.15. The van der Waals surface area contributed by atoms with Crippen LogP contribution in [0.25, 0.3) is 10.8 Å². The van der Waals surface area contributed by atoms with Crippen molar-refractivity contribution in [2.45, 2.75) is 13.0 Å². The lowest BCUT2D eigenvalue weighted by molar-refractivity contribution is -0.121. The van der Waals surface area contributed by atoms with Crippen LogP contribution in [0.15, 0.2) is 64.2 Å². The number of benzene rings is 2. The smallest absolute Gasteiger partial charge is 0.273 e. The minimum Gasteiger partial charge on any atom is -0.493 e. The van der Waals surface area contributed by atoms with Crippen LogP contribution < -0.4 is 21.2 Å². The Labute approximate surface area is 149 Å². The normalized spacial score (nSPS) is 10.6. The highest BCUT2D eigenvalue weighted by atomic mass is 16.5. The third kappa shape index (κ3) is 4.18. The molecule has 0 aliphatic rings. The predicted octanol–water partition coefficient (Wildman–Crippen LogP) is 1.28. The van der Waals surface area contributed by atoms with Crippen LogP contribution in [0.4, 0.5) is 0 Å². The van der Waals surface area contributed by atoms with Crippen LogP contribution in [-0.2, 0) is 11.3 Å². The molecule has 134 valence electrons. The Bertz CT molecular complexity index is 1010. The summed E-state index contributed by atoms with van der Waals surface area (Å²) in [5.74, 6) is 0.526. The SMILES string of the molecule is O=C(CCOc1ccccc1)NCCn1[nH]c(=O)c2ccccc2c1=O. The number of H-pyrrole nitrogens is 1. The topological polar surface area (TPSA) is 93.2 Å². The molecule has 2 aromatic carbocycles. The lowest BCUT2D eigenvalue weighted by Crippen LogP contribution is -2.35. The fourth-order valence-electron chi connectivity index (χ4n) is 2.58. The largest absolute Gasteiger partial charge is 0.493 e. The minimum absolute atomic E-state index is 0.183. The number of amides is 1. The highest BCUT2D eigenvalue weighted by Gasteiger charge is 2.07. The molecule has 7 nitrogen and oxygen atoms in total. The van der Waals surface area contributed by atoms with Gasteiger partial charge in [0.05, 0.1) is 30.3 Å². The molecule has 0 bridgehead atoms. The van der Waals surface area contributed by atoms with Crippen molar-refractivity contribution in [3.8, 4) is 5.75 Å². The van der Waals surface area contributed by atoms with Crippen molar-refractivity contribution in [2.75, 3.05) is 13.2 Å². The third-order valence-electron chi connectivity index (χ3n) is 3.88. The number of ether oxygens (including phenoxy) is 1. The van der Waals surface area contributed by atoms with Crippen molar-refractivity contribution in [1.82, 2.24) is 15.1 Å². The van der Waals surface area contributed by atoms with E-state index in [4.69, 9.17) is 4.74 Å². The van der Waals surface area contributed by atoms with Crippen LogP contribution in [0.3, 0.4) is 0 Å². The second-order valence-corrected chi connectivity index (χ2v) is 5.70. The summed E-state index contributed by atoms with van der Waals surface area (Å²) in [6.07, 6.45) is 0.206. The highest BCUT2D eigenvalue weighted by molar-refractivity contribution is 5.80. The number of aromatic nitrogens is 2. The fraction of sp³-hybridized carbons (Fsp3) is 0.211. The Morgan fingerprint density at radius 3 is 2.46 bits per heavy atom. The van der Waals surface area contributed by atoms with Crippen LogP contribution in [0.5, 0.6) is 5.75 Å². The molecule has 7 heteroatoms. The molecule has 0 fully saturated rings. The van der Waals surface area contributed by atoms with Crippen molar-refractivity contribution in [2.24, 2.45) is 0 Å². The summed E-state index contributed by atoms with van der Waals surface area (Å²) < 4.78 is 6.67. The van der Waals surface area contributed by atoms with E-state index in [0.717, 1.165) is 0 Å². The Morgan fingerprint density at radius 2 is 1.69 bits per heavy atom. The first-order valence-corrected chi connectivity index (χ1v) is 8.31. The summed E-state index contributed by atoms with van der Waals surface area (Å²) in [7, 11) is 0. The standard InChI is InChI=1S/C19H19N3O4/c23-17(10-13-26-14-6-2-1-3-7-14)20-11-12-22-19(25)16-9-5-4-8-15(16)18(24)21-22/h1-9H,10-13H2,(H,20,23)(H,21,24). The Hall–Kier alpha value is -3.35. The van der Waals surface area contributed by atoms with Gasteiger partial charge in [0.15, 0.2) is 0 Å². The van der Waals surface area contributed by atoms with Gasteiger partial charge >= 0.3 is 0 Å². The number of hydrogen-bond acceptors (Lipinski definition) is 4. The summed E-state index contributed by atoms with van der Waals surface area (Å²) in [6.45, 7) is 0.686. The third-order valence-corrected chi connectivity index (χ3v) is 3.88. The van der Waals surface area contributed by atoms with Gasteiger partial charge in [-0.25, -0.2) is 4.68 Å². The van der Waals surface area contributed by atoms with E-state index in [9.17, 15) is 14.4 Å². The van der Waals surface area contributed by atoms with E-state index in [2.05, 4.69) is 10.4 Å². The summed E-state index contributed by atoms with van der Waals surface area (Å²) >= 11 is 0. The zero-order valence-electron chi connectivity index (χ0n) is 14.1. The lowest BCUT2D eigenvalue weighted by Gasteiger charge is -2.09. The first kappa shape index (κ1) is 17.5. The maximum atomic E-state index is 12.3.